The van der Waals surface area contributed by atoms with E-state index in [4.69, 9.17) is 0 Å². The third kappa shape index (κ3) is 1.51. The number of aliphatic imine (C=N–C) groups is 1. The fourth-order valence-corrected chi connectivity index (χ4v) is 3.62. The number of aliphatic hydroxyl groups is 1. The first-order chi connectivity index (χ1) is 7.75. The summed E-state index contributed by atoms with van der Waals surface area (Å²) in [6.07, 6.45) is 7.72. The Balaban J connectivity index is 2.11. The summed E-state index contributed by atoms with van der Waals surface area (Å²) >= 11 is 0. The summed E-state index contributed by atoms with van der Waals surface area (Å²) in [4.78, 5) is 4.34. The Morgan fingerprint density at radius 3 is 3.19 bits per heavy atom. The van der Waals surface area contributed by atoms with Gasteiger partial charge in [0, 0.05) is 0 Å². The van der Waals surface area contributed by atoms with Crippen LogP contribution in [-0.2, 0) is 0 Å². The minimum Gasteiger partial charge on any atom is -0.506 e. The number of aliphatic hydroxyl groups excluding tert-OH is 1. The van der Waals surface area contributed by atoms with E-state index in [9.17, 15) is 5.11 Å². The first-order valence-corrected chi connectivity index (χ1v) is 6.40. The molecule has 0 amide bonds. The van der Waals surface area contributed by atoms with Gasteiger partial charge >= 0.3 is 0 Å². The van der Waals surface area contributed by atoms with Gasteiger partial charge in [0.1, 0.15) is 5.76 Å². The van der Waals surface area contributed by atoms with E-state index in [2.05, 4.69) is 11.9 Å². The zero-order valence-electron chi connectivity index (χ0n) is 9.87. The van der Waals surface area contributed by atoms with Gasteiger partial charge in [-0.05, 0) is 60.7 Å². The lowest BCUT2D eigenvalue weighted by molar-refractivity contribution is 0.348. The molecule has 2 heteroatoms. The van der Waals surface area contributed by atoms with Crippen LogP contribution in [0.4, 0.5) is 0 Å². The third-order valence-corrected chi connectivity index (χ3v) is 4.18. The molecule has 1 aliphatic heterocycles. The molecule has 0 radical (unpaired) electrons. The molecule has 1 saturated carbocycles. The second-order valence-electron chi connectivity index (χ2n) is 5.48. The smallest absolute Gasteiger partial charge is 0.136 e. The lowest BCUT2D eigenvalue weighted by Gasteiger charge is -2.36. The number of allylic oxidation sites excluding steroid dienone is 3. The van der Waals surface area contributed by atoms with E-state index in [1.54, 1.807) is 6.21 Å². The molecule has 0 saturated heterocycles. The summed E-state index contributed by atoms with van der Waals surface area (Å²) in [6.45, 7) is 3.15. The molecule has 1 fully saturated rings. The average molecular weight is 217 g/mol. The van der Waals surface area contributed by atoms with Gasteiger partial charge < -0.3 is 5.11 Å². The van der Waals surface area contributed by atoms with Crippen molar-refractivity contribution in [2.24, 2.45) is 16.8 Å². The molecule has 0 aromatic rings. The molecule has 0 bridgehead atoms. The largest absolute Gasteiger partial charge is 0.506 e. The topological polar surface area (TPSA) is 32.6 Å². The fourth-order valence-electron chi connectivity index (χ4n) is 3.62. The van der Waals surface area contributed by atoms with E-state index < -0.39 is 0 Å². The monoisotopic (exact) mass is 217 g/mol. The Morgan fingerprint density at radius 2 is 2.31 bits per heavy atom. The summed E-state index contributed by atoms with van der Waals surface area (Å²) in [5.41, 5.74) is 4.19. The van der Waals surface area contributed by atoms with Crippen LogP contribution in [0.1, 0.15) is 39.0 Å². The quantitative estimate of drug-likeness (QED) is 0.662. The molecular formula is C14H19NO. The maximum atomic E-state index is 10.0. The summed E-state index contributed by atoms with van der Waals surface area (Å²) in [5, 5.41) is 10.0. The zero-order chi connectivity index (χ0) is 11.1. The highest BCUT2D eigenvalue weighted by atomic mass is 16.3. The Kier molecular flexibility index (Phi) is 2.38. The number of rotatable bonds is 0. The predicted octanol–water partition coefficient (Wildman–Crippen LogP) is 3.41. The number of hydrogen-bond acceptors (Lipinski definition) is 2. The van der Waals surface area contributed by atoms with E-state index in [1.807, 2.05) is 0 Å². The van der Waals surface area contributed by atoms with E-state index in [0.717, 1.165) is 18.9 Å². The standard InChI is InChI=1S/C14H19NO/c1-9-5-10-3-2-4-12-13(16)8-15-7-11(6-9)14(10)12/h8-10,16H,2-7H2,1H3. The van der Waals surface area contributed by atoms with Crippen molar-refractivity contribution in [3.63, 3.8) is 0 Å². The number of nitrogens with zero attached hydrogens (tertiary/aromatic N) is 1. The van der Waals surface area contributed by atoms with Crippen LogP contribution in [0.15, 0.2) is 27.5 Å². The van der Waals surface area contributed by atoms with Gasteiger partial charge in [0.15, 0.2) is 0 Å². The molecule has 2 aliphatic carbocycles. The van der Waals surface area contributed by atoms with Crippen LogP contribution in [0.2, 0.25) is 0 Å². The molecule has 2 unspecified atom stereocenters. The normalized spacial score (nSPS) is 33.8. The minimum absolute atomic E-state index is 0.434. The van der Waals surface area contributed by atoms with Gasteiger partial charge in [-0.15, -0.1) is 0 Å². The van der Waals surface area contributed by atoms with Crippen LogP contribution in [-0.4, -0.2) is 17.9 Å². The van der Waals surface area contributed by atoms with Crippen LogP contribution in [0.5, 0.6) is 0 Å². The third-order valence-electron chi connectivity index (χ3n) is 4.18. The summed E-state index contributed by atoms with van der Waals surface area (Å²) < 4.78 is 0. The van der Waals surface area contributed by atoms with Crippen LogP contribution >= 0.6 is 0 Å². The highest BCUT2D eigenvalue weighted by molar-refractivity contribution is 5.79. The van der Waals surface area contributed by atoms with Crippen molar-refractivity contribution in [1.82, 2.24) is 0 Å². The van der Waals surface area contributed by atoms with E-state index in [-0.39, 0.29) is 0 Å². The average Bonchev–Trinajstić information content (AvgIpc) is 2.41. The van der Waals surface area contributed by atoms with Crippen molar-refractivity contribution in [3.05, 3.63) is 22.5 Å². The summed E-state index contributed by atoms with van der Waals surface area (Å²) in [7, 11) is 0. The van der Waals surface area contributed by atoms with Crippen molar-refractivity contribution in [2.45, 2.75) is 39.0 Å². The molecule has 2 nitrogen and oxygen atoms in total. The van der Waals surface area contributed by atoms with Gasteiger partial charge in [-0.2, -0.15) is 0 Å². The lowest BCUT2D eigenvalue weighted by Crippen LogP contribution is -2.23. The zero-order valence-corrected chi connectivity index (χ0v) is 9.87. The molecule has 3 rings (SSSR count). The Bertz CT molecular complexity index is 403. The van der Waals surface area contributed by atoms with E-state index >= 15 is 0 Å². The molecule has 1 heterocycles. The van der Waals surface area contributed by atoms with Crippen molar-refractivity contribution >= 4 is 6.21 Å². The first-order valence-electron chi connectivity index (χ1n) is 6.40. The maximum absolute atomic E-state index is 10.0. The van der Waals surface area contributed by atoms with Crippen molar-refractivity contribution in [3.8, 4) is 0 Å². The molecule has 0 aromatic carbocycles. The highest BCUT2D eigenvalue weighted by Crippen LogP contribution is 2.46. The van der Waals surface area contributed by atoms with Crippen LogP contribution < -0.4 is 0 Å². The first kappa shape index (κ1) is 10.1. The molecule has 16 heavy (non-hydrogen) atoms. The van der Waals surface area contributed by atoms with Gasteiger partial charge in [0.05, 0.1) is 12.8 Å². The molecule has 1 N–H and O–H groups in total. The summed E-state index contributed by atoms with van der Waals surface area (Å²) in [5.74, 6) is 1.93. The maximum Gasteiger partial charge on any atom is 0.136 e. The van der Waals surface area contributed by atoms with Crippen LogP contribution in [0.25, 0.3) is 0 Å². The highest BCUT2D eigenvalue weighted by Gasteiger charge is 2.33. The van der Waals surface area contributed by atoms with Gasteiger partial charge in [0.25, 0.3) is 0 Å². The molecule has 0 aromatic heterocycles. The van der Waals surface area contributed by atoms with Gasteiger partial charge in [-0.3, -0.25) is 4.99 Å². The van der Waals surface area contributed by atoms with Crippen molar-refractivity contribution in [1.29, 1.82) is 0 Å². The molecule has 2 atom stereocenters. The SMILES string of the molecule is CC1CC2=C3C(=C(O)C=NC2)CCCC3C1. The second kappa shape index (κ2) is 3.76. The fraction of sp³-hybridized carbons (Fsp3) is 0.643. The van der Waals surface area contributed by atoms with Gasteiger partial charge in [-0.1, -0.05) is 6.92 Å². The van der Waals surface area contributed by atoms with Crippen molar-refractivity contribution in [2.75, 3.05) is 6.54 Å². The predicted molar refractivity (Wildman–Crippen MR) is 65.8 cm³/mol. The van der Waals surface area contributed by atoms with Gasteiger partial charge in [-0.25, -0.2) is 0 Å². The second-order valence-corrected chi connectivity index (χ2v) is 5.48. The lowest BCUT2D eigenvalue weighted by atomic mass is 9.69. The summed E-state index contributed by atoms with van der Waals surface area (Å²) in [6, 6.07) is 0. The molecular weight excluding hydrogens is 198 g/mol. The van der Waals surface area contributed by atoms with Crippen LogP contribution in [0.3, 0.4) is 0 Å². The van der Waals surface area contributed by atoms with E-state index in [0.29, 0.717) is 11.7 Å². The Hall–Kier alpha value is -1.05. The molecule has 0 spiro atoms. The Labute approximate surface area is 96.8 Å². The number of hydrogen-bond donors (Lipinski definition) is 1. The van der Waals surface area contributed by atoms with Gasteiger partial charge in [0.2, 0.25) is 0 Å². The van der Waals surface area contributed by atoms with Crippen molar-refractivity contribution < 1.29 is 5.11 Å². The Morgan fingerprint density at radius 1 is 1.44 bits per heavy atom. The van der Waals surface area contributed by atoms with Crippen LogP contribution in [0, 0.1) is 11.8 Å². The molecule has 3 aliphatic rings. The van der Waals surface area contributed by atoms with E-state index in [1.165, 1.54) is 42.4 Å². The minimum atomic E-state index is 0.434. The molecule has 86 valence electrons.